The van der Waals surface area contributed by atoms with Gasteiger partial charge < -0.3 is 0 Å². The standard InChI is InChI=1S/C11H12BrClFN/c12-11-5-9(13)2-1-8(11)6-15-4-3-10(14)7-15/h1-2,5,10H,3-4,6-7H2. The lowest BCUT2D eigenvalue weighted by Gasteiger charge is -2.15. The summed E-state index contributed by atoms with van der Waals surface area (Å²) in [7, 11) is 0. The molecular weight excluding hydrogens is 280 g/mol. The first-order chi connectivity index (χ1) is 7.15. The average Bonchev–Trinajstić information content (AvgIpc) is 2.56. The molecule has 0 spiro atoms. The van der Waals surface area contributed by atoms with Crippen LogP contribution in [0.2, 0.25) is 5.02 Å². The van der Waals surface area contributed by atoms with Gasteiger partial charge in [0.15, 0.2) is 0 Å². The van der Waals surface area contributed by atoms with E-state index in [0.29, 0.717) is 13.0 Å². The number of alkyl halides is 1. The van der Waals surface area contributed by atoms with Crippen LogP contribution in [0, 0.1) is 0 Å². The fraction of sp³-hybridized carbons (Fsp3) is 0.455. The van der Waals surface area contributed by atoms with E-state index in [9.17, 15) is 4.39 Å². The van der Waals surface area contributed by atoms with E-state index in [1.54, 1.807) is 0 Å². The van der Waals surface area contributed by atoms with Crippen molar-refractivity contribution >= 4 is 27.5 Å². The molecule has 15 heavy (non-hydrogen) atoms. The highest BCUT2D eigenvalue weighted by Gasteiger charge is 2.21. The lowest BCUT2D eigenvalue weighted by Crippen LogP contribution is -2.20. The summed E-state index contributed by atoms with van der Waals surface area (Å²) in [4.78, 5) is 2.12. The van der Waals surface area contributed by atoms with Crippen LogP contribution >= 0.6 is 27.5 Å². The summed E-state index contributed by atoms with van der Waals surface area (Å²) in [6.45, 7) is 2.18. The first-order valence-corrected chi connectivity index (χ1v) is 6.12. The van der Waals surface area contributed by atoms with Gasteiger partial charge in [-0.05, 0) is 24.1 Å². The van der Waals surface area contributed by atoms with E-state index in [0.717, 1.165) is 28.1 Å². The van der Waals surface area contributed by atoms with Crippen LogP contribution in [0.25, 0.3) is 0 Å². The Bertz CT molecular complexity index is 358. The third-order valence-electron chi connectivity index (χ3n) is 2.62. The molecule has 0 N–H and O–H groups in total. The van der Waals surface area contributed by atoms with Gasteiger partial charge in [0.25, 0.3) is 0 Å². The molecule has 0 aromatic heterocycles. The average molecular weight is 293 g/mol. The molecule has 1 atom stereocenters. The van der Waals surface area contributed by atoms with E-state index in [2.05, 4.69) is 20.8 Å². The largest absolute Gasteiger partial charge is 0.296 e. The lowest BCUT2D eigenvalue weighted by molar-refractivity contribution is 0.282. The van der Waals surface area contributed by atoms with Crippen LogP contribution in [-0.2, 0) is 6.54 Å². The minimum atomic E-state index is -0.656. The van der Waals surface area contributed by atoms with Crippen LogP contribution in [0.15, 0.2) is 22.7 Å². The highest BCUT2D eigenvalue weighted by molar-refractivity contribution is 9.10. The van der Waals surface area contributed by atoms with E-state index >= 15 is 0 Å². The van der Waals surface area contributed by atoms with Gasteiger partial charge >= 0.3 is 0 Å². The second-order valence-corrected chi connectivity index (χ2v) is 5.15. The number of likely N-dealkylation sites (tertiary alicyclic amines) is 1. The minimum Gasteiger partial charge on any atom is -0.296 e. The van der Waals surface area contributed by atoms with Crippen LogP contribution in [-0.4, -0.2) is 24.2 Å². The molecule has 0 aliphatic carbocycles. The minimum absolute atomic E-state index is 0.551. The van der Waals surface area contributed by atoms with Gasteiger partial charge in [-0.15, -0.1) is 0 Å². The van der Waals surface area contributed by atoms with E-state index in [1.165, 1.54) is 0 Å². The molecule has 0 saturated carbocycles. The first kappa shape index (κ1) is 11.4. The highest BCUT2D eigenvalue weighted by Crippen LogP contribution is 2.24. The van der Waals surface area contributed by atoms with E-state index in [4.69, 9.17) is 11.6 Å². The first-order valence-electron chi connectivity index (χ1n) is 4.95. The molecule has 1 heterocycles. The van der Waals surface area contributed by atoms with Crippen LogP contribution in [0.3, 0.4) is 0 Å². The third kappa shape index (κ3) is 2.92. The number of rotatable bonds is 2. The summed E-state index contributed by atoms with van der Waals surface area (Å²) in [5, 5.41) is 0.718. The van der Waals surface area contributed by atoms with Crippen molar-refractivity contribution in [3.05, 3.63) is 33.3 Å². The van der Waals surface area contributed by atoms with Gasteiger partial charge in [-0.2, -0.15) is 0 Å². The smallest absolute Gasteiger partial charge is 0.114 e. The number of halogens is 3. The molecule has 1 aliphatic heterocycles. The monoisotopic (exact) mass is 291 g/mol. The van der Waals surface area contributed by atoms with Crippen LogP contribution in [0.4, 0.5) is 4.39 Å². The lowest BCUT2D eigenvalue weighted by atomic mass is 10.2. The van der Waals surface area contributed by atoms with Crippen molar-refractivity contribution in [2.45, 2.75) is 19.1 Å². The zero-order valence-electron chi connectivity index (χ0n) is 8.22. The Morgan fingerprint density at radius 3 is 2.93 bits per heavy atom. The molecular formula is C11H12BrClFN. The number of hydrogen-bond acceptors (Lipinski definition) is 1. The van der Waals surface area contributed by atoms with Gasteiger partial charge in [-0.1, -0.05) is 33.6 Å². The summed E-state index contributed by atoms with van der Waals surface area (Å²) < 4.78 is 14.0. The zero-order chi connectivity index (χ0) is 10.8. The number of benzene rings is 1. The van der Waals surface area contributed by atoms with Crippen molar-refractivity contribution in [2.24, 2.45) is 0 Å². The topological polar surface area (TPSA) is 3.24 Å². The fourth-order valence-corrected chi connectivity index (χ4v) is 2.63. The summed E-state index contributed by atoms with van der Waals surface area (Å²) in [6, 6.07) is 5.72. The van der Waals surface area contributed by atoms with E-state index in [-0.39, 0.29) is 0 Å². The van der Waals surface area contributed by atoms with Crippen LogP contribution in [0.5, 0.6) is 0 Å². The predicted molar refractivity (Wildman–Crippen MR) is 63.9 cm³/mol. The van der Waals surface area contributed by atoms with Gasteiger partial charge in [0.2, 0.25) is 0 Å². The molecule has 0 amide bonds. The maximum atomic E-state index is 13.0. The second kappa shape index (κ2) is 4.81. The van der Waals surface area contributed by atoms with Gasteiger partial charge in [-0.3, -0.25) is 4.90 Å². The summed E-state index contributed by atoms with van der Waals surface area (Å²) >= 11 is 9.32. The summed E-state index contributed by atoms with van der Waals surface area (Å²) in [5.41, 5.74) is 1.16. The Morgan fingerprint density at radius 2 is 2.33 bits per heavy atom. The van der Waals surface area contributed by atoms with Crippen molar-refractivity contribution in [1.82, 2.24) is 4.90 Å². The van der Waals surface area contributed by atoms with E-state index in [1.807, 2.05) is 18.2 Å². The number of nitrogens with zero attached hydrogens (tertiary/aromatic N) is 1. The Kier molecular flexibility index (Phi) is 3.65. The number of hydrogen-bond donors (Lipinski definition) is 0. The van der Waals surface area contributed by atoms with Crippen molar-refractivity contribution in [3.63, 3.8) is 0 Å². The maximum Gasteiger partial charge on any atom is 0.114 e. The quantitative estimate of drug-likeness (QED) is 0.804. The molecule has 0 radical (unpaired) electrons. The Labute approximate surface area is 102 Å². The molecule has 0 bridgehead atoms. The maximum absolute atomic E-state index is 13.0. The highest BCUT2D eigenvalue weighted by atomic mass is 79.9. The molecule has 1 aliphatic rings. The summed E-state index contributed by atoms with van der Waals surface area (Å²) in [5.74, 6) is 0. The molecule has 4 heteroatoms. The van der Waals surface area contributed by atoms with Gasteiger partial charge in [0.1, 0.15) is 6.17 Å². The van der Waals surface area contributed by atoms with Gasteiger partial charge in [-0.25, -0.2) is 4.39 Å². The molecule has 1 unspecified atom stereocenters. The molecule has 1 fully saturated rings. The molecule has 1 aromatic rings. The van der Waals surface area contributed by atoms with Gasteiger partial charge in [0.05, 0.1) is 0 Å². The Morgan fingerprint density at radius 1 is 1.53 bits per heavy atom. The SMILES string of the molecule is FC1CCN(Cc2ccc(Cl)cc2Br)C1. The predicted octanol–water partition coefficient (Wildman–Crippen LogP) is 3.65. The molecule has 1 aromatic carbocycles. The molecule has 2 rings (SSSR count). The van der Waals surface area contributed by atoms with Crippen molar-refractivity contribution in [3.8, 4) is 0 Å². The molecule has 1 nitrogen and oxygen atoms in total. The second-order valence-electron chi connectivity index (χ2n) is 3.86. The van der Waals surface area contributed by atoms with Crippen LogP contribution in [0.1, 0.15) is 12.0 Å². The summed E-state index contributed by atoms with van der Waals surface area (Å²) in [6.07, 6.45) is 0.00153. The Balaban J connectivity index is 2.04. The van der Waals surface area contributed by atoms with Gasteiger partial charge in [0, 0.05) is 29.1 Å². The normalized spacial score (nSPS) is 22.2. The van der Waals surface area contributed by atoms with Crippen molar-refractivity contribution in [2.75, 3.05) is 13.1 Å². The third-order valence-corrected chi connectivity index (χ3v) is 3.60. The van der Waals surface area contributed by atoms with E-state index < -0.39 is 6.17 Å². The molecule has 1 saturated heterocycles. The van der Waals surface area contributed by atoms with Crippen molar-refractivity contribution in [1.29, 1.82) is 0 Å². The zero-order valence-corrected chi connectivity index (χ0v) is 10.6. The molecule has 82 valence electrons. The fourth-order valence-electron chi connectivity index (χ4n) is 1.82. The van der Waals surface area contributed by atoms with Crippen molar-refractivity contribution < 1.29 is 4.39 Å². The Hall–Kier alpha value is -0.120. The van der Waals surface area contributed by atoms with Crippen LogP contribution < -0.4 is 0 Å².